The van der Waals surface area contributed by atoms with Gasteiger partial charge in [-0.1, -0.05) is 19.3 Å². The van der Waals surface area contributed by atoms with Gasteiger partial charge in [-0.3, -0.25) is 4.79 Å². The lowest BCUT2D eigenvalue weighted by atomic mass is 9.84. The molecule has 0 spiro atoms. The number of carbonyl (C=O) groups is 2. The van der Waals surface area contributed by atoms with Crippen LogP contribution >= 0.6 is 0 Å². The summed E-state index contributed by atoms with van der Waals surface area (Å²) in [5, 5.41) is 11.9. The van der Waals surface area contributed by atoms with Gasteiger partial charge < -0.3 is 14.8 Å². The van der Waals surface area contributed by atoms with Gasteiger partial charge in [0, 0.05) is 5.56 Å². The Hall–Kier alpha value is -1.78. The molecule has 0 aliphatic heterocycles. The molecule has 1 aromatic rings. The lowest BCUT2D eigenvalue weighted by Gasteiger charge is -2.27. The monoisotopic (exact) mass is 265 g/mol. The molecule has 1 aromatic heterocycles. The highest BCUT2D eigenvalue weighted by molar-refractivity contribution is 5.95. The average Bonchev–Trinajstić information content (AvgIpc) is 2.82. The first-order valence-electron chi connectivity index (χ1n) is 6.67. The average molecular weight is 265 g/mol. The molecule has 1 amide bonds. The minimum Gasteiger partial charge on any atom is -0.480 e. The molecule has 0 saturated heterocycles. The molecule has 1 saturated carbocycles. The van der Waals surface area contributed by atoms with Crippen LogP contribution in [0, 0.1) is 12.8 Å². The molecule has 0 bridgehead atoms. The van der Waals surface area contributed by atoms with Crippen LogP contribution in [0.4, 0.5) is 0 Å². The van der Waals surface area contributed by atoms with E-state index in [0.29, 0.717) is 5.56 Å². The third kappa shape index (κ3) is 3.16. The fourth-order valence-electron chi connectivity index (χ4n) is 2.66. The number of hydrogen-bond acceptors (Lipinski definition) is 3. The van der Waals surface area contributed by atoms with Crippen molar-refractivity contribution in [1.29, 1.82) is 0 Å². The van der Waals surface area contributed by atoms with E-state index in [1.54, 1.807) is 13.0 Å². The zero-order chi connectivity index (χ0) is 13.8. The maximum absolute atomic E-state index is 12.0. The summed E-state index contributed by atoms with van der Waals surface area (Å²) in [6.07, 6.45) is 6.35. The highest BCUT2D eigenvalue weighted by atomic mass is 16.4. The Bertz CT molecular complexity index is 460. The molecular weight excluding hydrogens is 246 g/mol. The molecule has 1 atom stereocenters. The molecule has 1 fully saturated rings. The highest BCUT2D eigenvalue weighted by Gasteiger charge is 2.31. The van der Waals surface area contributed by atoms with Gasteiger partial charge in [0.2, 0.25) is 0 Å². The highest BCUT2D eigenvalue weighted by Crippen LogP contribution is 2.27. The van der Waals surface area contributed by atoms with Gasteiger partial charge in [-0.15, -0.1) is 0 Å². The predicted octanol–water partition coefficient (Wildman–Crippen LogP) is 2.35. The summed E-state index contributed by atoms with van der Waals surface area (Å²) in [5.74, 6) is -1.20. The Kier molecular flexibility index (Phi) is 4.24. The first kappa shape index (κ1) is 13.6. The maximum atomic E-state index is 12.0. The van der Waals surface area contributed by atoms with E-state index in [4.69, 9.17) is 4.42 Å². The summed E-state index contributed by atoms with van der Waals surface area (Å²) in [7, 11) is 0. The van der Waals surface area contributed by atoms with Crippen molar-refractivity contribution >= 4 is 11.9 Å². The van der Waals surface area contributed by atoms with Gasteiger partial charge in [0.15, 0.2) is 5.76 Å². The first-order valence-corrected chi connectivity index (χ1v) is 6.67. The third-order valence-corrected chi connectivity index (χ3v) is 3.74. The number of carboxylic acids is 1. The summed E-state index contributed by atoms with van der Waals surface area (Å²) < 4.78 is 5.09. The summed E-state index contributed by atoms with van der Waals surface area (Å²) in [4.78, 5) is 23.4. The van der Waals surface area contributed by atoms with Crippen LogP contribution in [0.1, 0.15) is 48.2 Å². The van der Waals surface area contributed by atoms with Crippen molar-refractivity contribution in [2.45, 2.75) is 45.1 Å². The number of aryl methyl sites for hydroxylation is 1. The van der Waals surface area contributed by atoms with E-state index in [1.165, 1.54) is 6.26 Å². The number of furan rings is 1. The van der Waals surface area contributed by atoms with E-state index >= 15 is 0 Å². The number of carboxylic acid groups (broad SMARTS) is 1. The number of rotatable bonds is 4. The van der Waals surface area contributed by atoms with Crippen LogP contribution in [0.3, 0.4) is 0 Å². The first-order chi connectivity index (χ1) is 9.09. The molecule has 0 aromatic carbocycles. The quantitative estimate of drug-likeness (QED) is 0.875. The predicted molar refractivity (Wildman–Crippen MR) is 68.9 cm³/mol. The molecule has 1 aliphatic rings. The number of hydrogen-bond donors (Lipinski definition) is 2. The molecule has 2 N–H and O–H groups in total. The molecule has 2 rings (SSSR count). The lowest BCUT2D eigenvalue weighted by molar-refractivity contribution is -0.141. The van der Waals surface area contributed by atoms with Gasteiger partial charge >= 0.3 is 5.97 Å². The molecule has 19 heavy (non-hydrogen) atoms. The minimum atomic E-state index is -0.968. The number of carbonyl (C=O) groups excluding carboxylic acids is 1. The van der Waals surface area contributed by atoms with Crippen molar-refractivity contribution < 1.29 is 19.1 Å². The number of nitrogens with one attached hydrogen (secondary N) is 1. The largest absolute Gasteiger partial charge is 0.480 e. The smallest absolute Gasteiger partial charge is 0.326 e. The van der Waals surface area contributed by atoms with Crippen molar-refractivity contribution in [3.63, 3.8) is 0 Å². The van der Waals surface area contributed by atoms with Gasteiger partial charge in [-0.25, -0.2) is 4.79 Å². The summed E-state index contributed by atoms with van der Waals surface area (Å²) in [5.41, 5.74) is 0.713. The Balaban J connectivity index is 2.06. The van der Waals surface area contributed by atoms with Crippen LogP contribution in [0.15, 0.2) is 16.7 Å². The summed E-state index contributed by atoms with van der Waals surface area (Å²) in [6.45, 7) is 1.76. The second kappa shape index (κ2) is 5.91. The fourth-order valence-corrected chi connectivity index (χ4v) is 2.66. The van der Waals surface area contributed by atoms with Crippen LogP contribution in [0.25, 0.3) is 0 Å². The Morgan fingerprint density at radius 2 is 2.05 bits per heavy atom. The molecule has 104 valence electrons. The Labute approximate surface area is 112 Å². The normalized spacial score (nSPS) is 17.9. The number of amides is 1. The van der Waals surface area contributed by atoms with Crippen LogP contribution in [0.2, 0.25) is 0 Å². The third-order valence-electron chi connectivity index (χ3n) is 3.74. The molecular formula is C14H19NO4. The van der Waals surface area contributed by atoms with Crippen LogP contribution in [-0.2, 0) is 4.79 Å². The molecule has 1 aliphatic carbocycles. The van der Waals surface area contributed by atoms with Gasteiger partial charge in [-0.05, 0) is 31.7 Å². The van der Waals surface area contributed by atoms with Gasteiger partial charge in [0.25, 0.3) is 5.91 Å². The SMILES string of the molecule is Cc1ccoc1C(=O)NC(C(=O)O)C1CCCCC1. The van der Waals surface area contributed by atoms with Gasteiger partial charge in [0.05, 0.1) is 6.26 Å². The Morgan fingerprint density at radius 1 is 1.37 bits per heavy atom. The molecule has 0 radical (unpaired) electrons. The molecule has 1 heterocycles. The van der Waals surface area contributed by atoms with Crippen molar-refractivity contribution in [3.05, 3.63) is 23.7 Å². The van der Waals surface area contributed by atoms with E-state index in [2.05, 4.69) is 5.32 Å². The zero-order valence-electron chi connectivity index (χ0n) is 11.0. The molecule has 5 nitrogen and oxygen atoms in total. The van der Waals surface area contributed by atoms with Crippen LogP contribution in [-0.4, -0.2) is 23.0 Å². The van der Waals surface area contributed by atoms with Gasteiger partial charge in [0.1, 0.15) is 6.04 Å². The second-order valence-corrected chi connectivity index (χ2v) is 5.12. The van der Waals surface area contributed by atoms with E-state index in [-0.39, 0.29) is 11.7 Å². The number of aliphatic carboxylic acids is 1. The minimum absolute atomic E-state index is 0.0190. The topological polar surface area (TPSA) is 79.5 Å². The van der Waals surface area contributed by atoms with E-state index in [1.807, 2.05) is 0 Å². The summed E-state index contributed by atoms with van der Waals surface area (Å²) in [6, 6.07) is 0.864. The summed E-state index contributed by atoms with van der Waals surface area (Å²) >= 11 is 0. The molecule has 1 unspecified atom stereocenters. The van der Waals surface area contributed by atoms with E-state index in [9.17, 15) is 14.7 Å². The maximum Gasteiger partial charge on any atom is 0.326 e. The van der Waals surface area contributed by atoms with Crippen LogP contribution < -0.4 is 5.32 Å². The van der Waals surface area contributed by atoms with Crippen LogP contribution in [0.5, 0.6) is 0 Å². The fraction of sp³-hybridized carbons (Fsp3) is 0.571. The van der Waals surface area contributed by atoms with E-state index in [0.717, 1.165) is 32.1 Å². The van der Waals surface area contributed by atoms with Crippen molar-refractivity contribution in [2.24, 2.45) is 5.92 Å². The lowest BCUT2D eigenvalue weighted by Crippen LogP contribution is -2.46. The van der Waals surface area contributed by atoms with Gasteiger partial charge in [-0.2, -0.15) is 0 Å². The molecule has 5 heteroatoms. The zero-order valence-corrected chi connectivity index (χ0v) is 11.0. The van der Waals surface area contributed by atoms with Crippen molar-refractivity contribution in [1.82, 2.24) is 5.32 Å². The van der Waals surface area contributed by atoms with Crippen molar-refractivity contribution in [3.8, 4) is 0 Å². The second-order valence-electron chi connectivity index (χ2n) is 5.12. The van der Waals surface area contributed by atoms with Crippen molar-refractivity contribution in [2.75, 3.05) is 0 Å². The standard InChI is InChI=1S/C14H19NO4/c1-9-7-8-19-12(9)13(16)15-11(14(17)18)10-5-3-2-4-6-10/h7-8,10-11H,2-6H2,1H3,(H,15,16)(H,17,18). The Morgan fingerprint density at radius 3 is 2.58 bits per heavy atom. The van der Waals surface area contributed by atoms with E-state index < -0.39 is 17.9 Å².